The molecule has 7 nitrogen and oxygen atoms in total. The summed E-state index contributed by atoms with van der Waals surface area (Å²) >= 11 is 1.44. The standard InChI is InChI=1S/C12H9F3N4O.C11H15FN2S.C2H2/c13-12(14,15)11-18-5-9(6-19-11)10-3-8(1-2-17-10)4-16-7-20;1-8-5-6-9(2)14(8)15-11-10(12)4-3-7-13-11;1-2/h1-3,5-7H,4H2,(H,16,20);3-4,7-9H,5-6H2,1-2H3;1-2H/t;8-,9+;. The first kappa shape index (κ1) is 29.7. The quantitative estimate of drug-likeness (QED) is 0.203. The summed E-state index contributed by atoms with van der Waals surface area (Å²) in [6.07, 6.45) is 11.6. The second-order valence-electron chi connectivity index (χ2n) is 7.86. The van der Waals surface area contributed by atoms with Crippen molar-refractivity contribution < 1.29 is 22.4 Å². The number of terminal acetylenes is 1. The lowest BCUT2D eigenvalue weighted by Gasteiger charge is -2.23. The summed E-state index contributed by atoms with van der Waals surface area (Å²) < 4.78 is 52.7. The van der Waals surface area contributed by atoms with Crippen molar-refractivity contribution in [2.75, 3.05) is 0 Å². The number of halogens is 4. The van der Waals surface area contributed by atoms with Crippen LogP contribution in [0.1, 0.15) is 38.1 Å². The average molecular weight is 535 g/mol. The molecule has 4 rings (SSSR count). The van der Waals surface area contributed by atoms with Gasteiger partial charge in [0.25, 0.3) is 0 Å². The van der Waals surface area contributed by atoms with Gasteiger partial charge in [-0.15, -0.1) is 12.8 Å². The van der Waals surface area contributed by atoms with Crippen molar-refractivity contribution in [1.29, 1.82) is 0 Å². The monoisotopic (exact) mass is 534 g/mol. The molecule has 1 aliphatic heterocycles. The van der Waals surface area contributed by atoms with Crippen LogP contribution in [-0.4, -0.2) is 42.7 Å². The largest absolute Gasteiger partial charge is 0.451 e. The predicted molar refractivity (Wildman–Crippen MR) is 133 cm³/mol. The minimum atomic E-state index is -4.57. The summed E-state index contributed by atoms with van der Waals surface area (Å²) in [5.74, 6) is -1.42. The van der Waals surface area contributed by atoms with Gasteiger partial charge in [-0.25, -0.2) is 23.6 Å². The number of aromatic nitrogens is 4. The molecule has 0 aliphatic carbocycles. The Morgan fingerprint density at radius 3 is 2.30 bits per heavy atom. The van der Waals surface area contributed by atoms with Crippen LogP contribution in [0, 0.1) is 18.7 Å². The van der Waals surface area contributed by atoms with Crippen molar-refractivity contribution in [3.63, 3.8) is 0 Å². The molecule has 1 fully saturated rings. The smallest absolute Gasteiger partial charge is 0.355 e. The number of nitrogens with one attached hydrogen (secondary N) is 1. The van der Waals surface area contributed by atoms with Gasteiger partial charge in [0.1, 0.15) is 5.03 Å². The van der Waals surface area contributed by atoms with E-state index in [9.17, 15) is 22.4 Å². The van der Waals surface area contributed by atoms with Crippen molar-refractivity contribution in [3.8, 4) is 24.1 Å². The normalized spacial score (nSPS) is 17.1. The summed E-state index contributed by atoms with van der Waals surface area (Å²) in [6.45, 7) is 4.66. The number of amides is 1. The van der Waals surface area contributed by atoms with Crippen LogP contribution >= 0.6 is 11.9 Å². The Kier molecular flexibility index (Phi) is 11.4. The van der Waals surface area contributed by atoms with Crippen molar-refractivity contribution in [2.24, 2.45) is 0 Å². The van der Waals surface area contributed by atoms with E-state index >= 15 is 0 Å². The minimum absolute atomic E-state index is 0.228. The van der Waals surface area contributed by atoms with Gasteiger partial charge in [0.05, 0.1) is 5.69 Å². The van der Waals surface area contributed by atoms with Gasteiger partial charge >= 0.3 is 6.18 Å². The molecule has 1 N–H and O–H groups in total. The Labute approximate surface area is 217 Å². The van der Waals surface area contributed by atoms with Crippen LogP contribution in [0.5, 0.6) is 0 Å². The molecule has 3 aromatic rings. The summed E-state index contributed by atoms with van der Waals surface area (Å²) in [5, 5.41) is 2.97. The zero-order chi connectivity index (χ0) is 27.4. The van der Waals surface area contributed by atoms with Gasteiger partial charge in [-0.3, -0.25) is 9.78 Å². The van der Waals surface area contributed by atoms with E-state index in [1.54, 1.807) is 24.4 Å². The first-order valence-electron chi connectivity index (χ1n) is 11.1. The topological polar surface area (TPSA) is 83.9 Å². The fourth-order valence-electron chi connectivity index (χ4n) is 3.40. The second-order valence-corrected chi connectivity index (χ2v) is 8.85. The van der Waals surface area contributed by atoms with Crippen LogP contribution in [0.15, 0.2) is 54.1 Å². The van der Waals surface area contributed by atoms with E-state index in [0.29, 0.717) is 41.3 Å². The molecule has 0 bridgehead atoms. The van der Waals surface area contributed by atoms with Crippen molar-refractivity contribution in [2.45, 2.75) is 56.5 Å². The first-order chi connectivity index (χ1) is 17.7. The highest BCUT2D eigenvalue weighted by atomic mass is 32.2. The van der Waals surface area contributed by atoms with Gasteiger partial charge in [-0.05, 0) is 68.5 Å². The fourth-order valence-corrected chi connectivity index (χ4v) is 4.43. The molecule has 12 heteroatoms. The van der Waals surface area contributed by atoms with E-state index in [-0.39, 0.29) is 5.82 Å². The number of carbonyl (C=O) groups excluding carboxylic acids is 1. The molecule has 0 saturated carbocycles. The second kappa shape index (κ2) is 14.2. The maximum Gasteiger partial charge on any atom is 0.451 e. The van der Waals surface area contributed by atoms with Crippen LogP contribution in [0.3, 0.4) is 0 Å². The number of hydrogen-bond donors (Lipinski definition) is 1. The summed E-state index contributed by atoms with van der Waals surface area (Å²) in [6, 6.07) is 7.42. The Morgan fingerprint density at radius 1 is 1.08 bits per heavy atom. The van der Waals surface area contributed by atoms with Crippen molar-refractivity contribution in [1.82, 2.24) is 29.6 Å². The van der Waals surface area contributed by atoms with Gasteiger partial charge in [-0.2, -0.15) is 13.2 Å². The maximum absolute atomic E-state index is 13.4. The molecule has 1 amide bonds. The van der Waals surface area contributed by atoms with E-state index < -0.39 is 12.0 Å². The lowest BCUT2D eigenvalue weighted by molar-refractivity contribution is -0.145. The third-order valence-electron chi connectivity index (χ3n) is 5.20. The third-order valence-corrected chi connectivity index (χ3v) is 6.61. The number of hydrogen-bond acceptors (Lipinski definition) is 7. The molecular weight excluding hydrogens is 508 g/mol. The highest BCUT2D eigenvalue weighted by Gasteiger charge is 2.34. The van der Waals surface area contributed by atoms with Gasteiger partial charge < -0.3 is 5.32 Å². The number of carbonyl (C=O) groups is 1. The van der Waals surface area contributed by atoms with E-state index in [1.807, 2.05) is 0 Å². The van der Waals surface area contributed by atoms with Crippen LogP contribution in [0.4, 0.5) is 17.6 Å². The number of pyridine rings is 2. The number of alkyl halides is 3. The summed E-state index contributed by atoms with van der Waals surface area (Å²) in [5.41, 5.74) is 1.57. The van der Waals surface area contributed by atoms with Gasteiger partial charge in [0.2, 0.25) is 12.2 Å². The Balaban J connectivity index is 0.000000252. The summed E-state index contributed by atoms with van der Waals surface area (Å²) in [4.78, 5) is 24.8. The van der Waals surface area contributed by atoms with Gasteiger partial charge in [0, 0.05) is 49.0 Å². The summed E-state index contributed by atoms with van der Waals surface area (Å²) in [7, 11) is 0. The lowest BCUT2D eigenvalue weighted by atomic mass is 10.1. The first-order valence-corrected chi connectivity index (χ1v) is 11.9. The predicted octanol–water partition coefficient (Wildman–Crippen LogP) is 5.15. The van der Waals surface area contributed by atoms with Crippen LogP contribution < -0.4 is 5.32 Å². The lowest BCUT2D eigenvalue weighted by Crippen LogP contribution is -2.25. The Hall–Kier alpha value is -3.56. The van der Waals surface area contributed by atoms with E-state index in [2.05, 4.69) is 56.3 Å². The molecule has 1 saturated heterocycles. The van der Waals surface area contributed by atoms with E-state index in [1.165, 1.54) is 37.1 Å². The van der Waals surface area contributed by atoms with Crippen LogP contribution in [0.25, 0.3) is 11.3 Å². The fraction of sp³-hybridized carbons (Fsp3) is 0.320. The van der Waals surface area contributed by atoms with E-state index in [0.717, 1.165) is 18.0 Å². The van der Waals surface area contributed by atoms with Gasteiger partial charge in [-0.1, -0.05) is 0 Å². The average Bonchev–Trinajstić information content (AvgIpc) is 3.22. The molecule has 3 aromatic heterocycles. The number of rotatable bonds is 6. The zero-order valence-corrected chi connectivity index (χ0v) is 21.0. The molecule has 2 atom stereocenters. The Bertz CT molecular complexity index is 1150. The van der Waals surface area contributed by atoms with E-state index in [4.69, 9.17) is 0 Å². The molecule has 37 heavy (non-hydrogen) atoms. The van der Waals surface area contributed by atoms with Crippen LogP contribution in [-0.2, 0) is 17.5 Å². The van der Waals surface area contributed by atoms with Crippen LogP contribution in [0.2, 0.25) is 0 Å². The third kappa shape index (κ3) is 8.80. The highest BCUT2D eigenvalue weighted by Crippen LogP contribution is 2.35. The maximum atomic E-state index is 13.4. The SMILES string of the molecule is C#C.C[C@@H]1CC[C@H](C)N1Sc1ncccc1F.O=CNCc1ccnc(-c2cnc(C(F)(F)F)nc2)c1. The van der Waals surface area contributed by atoms with Gasteiger partial charge in [0.15, 0.2) is 5.82 Å². The zero-order valence-electron chi connectivity index (χ0n) is 20.2. The number of nitrogens with zero attached hydrogens (tertiary/aromatic N) is 5. The molecule has 196 valence electrons. The van der Waals surface area contributed by atoms with Crippen molar-refractivity contribution >= 4 is 18.4 Å². The molecule has 0 spiro atoms. The molecule has 0 aromatic carbocycles. The highest BCUT2D eigenvalue weighted by molar-refractivity contribution is 7.97. The minimum Gasteiger partial charge on any atom is -0.355 e. The molecular formula is C25H26F4N6OS. The van der Waals surface area contributed by atoms with Crippen molar-refractivity contribution in [3.05, 3.63) is 66.3 Å². The molecule has 4 heterocycles. The molecule has 0 unspecified atom stereocenters. The molecule has 1 aliphatic rings. The molecule has 0 radical (unpaired) electrons. The Morgan fingerprint density at radius 2 is 1.73 bits per heavy atom.